The molecule has 2 aromatic rings. The summed E-state index contributed by atoms with van der Waals surface area (Å²) in [4.78, 5) is 46.9. The van der Waals surface area contributed by atoms with E-state index in [-0.39, 0.29) is 48.0 Å². The van der Waals surface area contributed by atoms with Crippen molar-refractivity contribution in [1.29, 1.82) is 0 Å². The molecule has 152 valence electrons. The lowest BCUT2D eigenvalue weighted by Crippen LogP contribution is -2.42. The lowest BCUT2D eigenvalue weighted by molar-refractivity contribution is -0.133. The number of imidazole rings is 1. The van der Waals surface area contributed by atoms with E-state index in [4.69, 9.17) is 0 Å². The Morgan fingerprint density at radius 1 is 1.28 bits per heavy atom. The van der Waals surface area contributed by atoms with Crippen LogP contribution in [0.2, 0.25) is 0 Å². The number of rotatable bonds is 4. The van der Waals surface area contributed by atoms with Gasteiger partial charge in [0.25, 0.3) is 5.91 Å². The minimum absolute atomic E-state index is 0.00931. The molecule has 3 amide bonds. The molecule has 2 aliphatic rings. The van der Waals surface area contributed by atoms with Gasteiger partial charge in [0.2, 0.25) is 11.8 Å². The van der Waals surface area contributed by atoms with E-state index in [1.54, 1.807) is 21.9 Å². The minimum atomic E-state index is -0.372. The van der Waals surface area contributed by atoms with Crippen LogP contribution in [-0.2, 0) is 9.59 Å². The fourth-order valence-corrected chi connectivity index (χ4v) is 4.43. The quantitative estimate of drug-likeness (QED) is 0.800. The second-order valence-corrected chi connectivity index (χ2v) is 7.56. The van der Waals surface area contributed by atoms with Gasteiger partial charge in [-0.05, 0) is 17.7 Å². The van der Waals surface area contributed by atoms with E-state index in [0.29, 0.717) is 30.9 Å². The van der Waals surface area contributed by atoms with Crippen LogP contribution in [0.1, 0.15) is 29.0 Å². The molecule has 8 nitrogen and oxygen atoms in total. The van der Waals surface area contributed by atoms with Crippen molar-refractivity contribution in [3.63, 3.8) is 0 Å². The highest BCUT2D eigenvalue weighted by molar-refractivity contribution is 5.92. The number of amides is 3. The molecule has 0 radical (unpaired) electrons. The van der Waals surface area contributed by atoms with Crippen LogP contribution >= 0.6 is 0 Å². The van der Waals surface area contributed by atoms with Crippen molar-refractivity contribution in [3.8, 4) is 0 Å². The maximum atomic E-state index is 13.9. The Morgan fingerprint density at radius 3 is 2.79 bits per heavy atom. The first-order valence-electron chi connectivity index (χ1n) is 9.51. The first-order chi connectivity index (χ1) is 13.9. The fourth-order valence-electron chi connectivity index (χ4n) is 4.43. The Morgan fingerprint density at radius 2 is 2.10 bits per heavy atom. The number of aromatic nitrogens is 2. The van der Waals surface area contributed by atoms with Gasteiger partial charge in [-0.25, -0.2) is 9.37 Å². The van der Waals surface area contributed by atoms with Gasteiger partial charge in [0.15, 0.2) is 0 Å². The molecule has 2 aliphatic heterocycles. The van der Waals surface area contributed by atoms with Crippen molar-refractivity contribution in [3.05, 3.63) is 53.9 Å². The summed E-state index contributed by atoms with van der Waals surface area (Å²) < 4.78 is 13.9. The SMILES string of the molecule is CC(=O)NCC(=O)N1C[C@@H]2CN(C(=O)c3cnc[nH]3)C[C@@H]2[C@H]1c1cccc(F)c1. The number of benzene rings is 1. The highest BCUT2D eigenvalue weighted by atomic mass is 19.1. The van der Waals surface area contributed by atoms with Crippen molar-refractivity contribution in [2.45, 2.75) is 13.0 Å². The number of aromatic amines is 1. The summed E-state index contributed by atoms with van der Waals surface area (Å²) >= 11 is 0. The van der Waals surface area contributed by atoms with E-state index in [2.05, 4.69) is 15.3 Å². The molecule has 3 heterocycles. The Balaban J connectivity index is 1.58. The summed E-state index contributed by atoms with van der Waals surface area (Å²) in [5.41, 5.74) is 1.12. The summed E-state index contributed by atoms with van der Waals surface area (Å²) in [6.07, 6.45) is 2.95. The number of fused-ring (bicyclic) bond motifs is 1. The van der Waals surface area contributed by atoms with E-state index < -0.39 is 0 Å². The number of hydrogen-bond donors (Lipinski definition) is 2. The Hall–Kier alpha value is -3.23. The summed E-state index contributed by atoms with van der Waals surface area (Å²) in [6, 6.07) is 5.87. The van der Waals surface area contributed by atoms with Gasteiger partial charge in [-0.15, -0.1) is 0 Å². The normalized spacial score (nSPS) is 23.2. The predicted molar refractivity (Wildman–Crippen MR) is 101 cm³/mol. The predicted octanol–water partition coefficient (Wildman–Crippen LogP) is 0.957. The average Bonchev–Trinajstić information content (AvgIpc) is 3.40. The van der Waals surface area contributed by atoms with Crippen LogP contribution in [0.25, 0.3) is 0 Å². The second-order valence-electron chi connectivity index (χ2n) is 7.56. The Labute approximate surface area is 167 Å². The van der Waals surface area contributed by atoms with Crippen molar-refractivity contribution in [1.82, 2.24) is 25.1 Å². The van der Waals surface area contributed by atoms with Gasteiger partial charge in [0, 0.05) is 38.4 Å². The van der Waals surface area contributed by atoms with Crippen LogP contribution in [-0.4, -0.2) is 63.7 Å². The molecule has 0 spiro atoms. The molecule has 9 heteroatoms. The van der Waals surface area contributed by atoms with Crippen molar-refractivity contribution in [2.24, 2.45) is 11.8 Å². The van der Waals surface area contributed by atoms with Crippen molar-refractivity contribution in [2.75, 3.05) is 26.2 Å². The molecular weight excluding hydrogens is 377 g/mol. The van der Waals surface area contributed by atoms with Gasteiger partial charge in [0.1, 0.15) is 11.5 Å². The molecule has 0 bridgehead atoms. The van der Waals surface area contributed by atoms with Crippen LogP contribution < -0.4 is 5.32 Å². The maximum Gasteiger partial charge on any atom is 0.271 e. The van der Waals surface area contributed by atoms with E-state index >= 15 is 0 Å². The monoisotopic (exact) mass is 399 g/mol. The first-order valence-corrected chi connectivity index (χ1v) is 9.51. The number of hydrogen-bond acceptors (Lipinski definition) is 4. The largest absolute Gasteiger partial charge is 0.347 e. The van der Waals surface area contributed by atoms with Crippen LogP contribution in [0.15, 0.2) is 36.8 Å². The molecule has 2 fully saturated rings. The minimum Gasteiger partial charge on any atom is -0.347 e. The summed E-state index contributed by atoms with van der Waals surface area (Å²) in [5.74, 6) is -0.928. The lowest BCUT2D eigenvalue weighted by Gasteiger charge is -2.30. The number of nitrogens with zero attached hydrogens (tertiary/aromatic N) is 3. The Kier molecular flexibility index (Phi) is 5.04. The highest BCUT2D eigenvalue weighted by Crippen LogP contribution is 2.45. The molecule has 2 saturated heterocycles. The van der Waals surface area contributed by atoms with Crippen molar-refractivity contribution >= 4 is 17.7 Å². The number of carbonyl (C=O) groups is 3. The third-order valence-corrected chi connectivity index (χ3v) is 5.68. The van der Waals surface area contributed by atoms with Crippen LogP contribution in [0.4, 0.5) is 4.39 Å². The molecule has 3 atom stereocenters. The maximum absolute atomic E-state index is 13.9. The summed E-state index contributed by atoms with van der Waals surface area (Å²) in [5, 5.41) is 2.54. The van der Waals surface area contributed by atoms with Crippen LogP contribution in [0.3, 0.4) is 0 Å². The zero-order valence-electron chi connectivity index (χ0n) is 16.0. The van der Waals surface area contributed by atoms with Gasteiger partial charge in [-0.1, -0.05) is 12.1 Å². The number of nitrogens with one attached hydrogen (secondary N) is 2. The van der Waals surface area contributed by atoms with E-state index in [9.17, 15) is 18.8 Å². The lowest BCUT2D eigenvalue weighted by atomic mass is 9.89. The molecule has 2 N–H and O–H groups in total. The van der Waals surface area contributed by atoms with E-state index in [1.807, 2.05) is 0 Å². The number of halogens is 1. The van der Waals surface area contributed by atoms with E-state index in [0.717, 1.165) is 0 Å². The first kappa shape index (κ1) is 19.1. The fraction of sp³-hybridized carbons (Fsp3) is 0.400. The zero-order valence-corrected chi connectivity index (χ0v) is 16.0. The zero-order chi connectivity index (χ0) is 20.5. The highest BCUT2D eigenvalue weighted by Gasteiger charge is 2.50. The summed E-state index contributed by atoms with van der Waals surface area (Å²) in [6.45, 7) is 2.69. The number of H-pyrrole nitrogens is 1. The van der Waals surface area contributed by atoms with Gasteiger partial charge in [-0.2, -0.15) is 0 Å². The Bertz CT molecular complexity index is 932. The van der Waals surface area contributed by atoms with Gasteiger partial charge < -0.3 is 20.1 Å². The van der Waals surface area contributed by atoms with Crippen LogP contribution in [0, 0.1) is 17.7 Å². The van der Waals surface area contributed by atoms with E-state index in [1.165, 1.54) is 31.6 Å². The van der Waals surface area contributed by atoms with Crippen molar-refractivity contribution < 1.29 is 18.8 Å². The topological polar surface area (TPSA) is 98.4 Å². The van der Waals surface area contributed by atoms with Gasteiger partial charge in [-0.3, -0.25) is 14.4 Å². The second kappa shape index (κ2) is 7.65. The standard InChI is InChI=1S/C20H22FN5O3/c1-12(27)23-7-18(28)26-9-14-8-25(20(29)17-6-22-11-24-17)10-16(14)19(26)13-3-2-4-15(21)5-13/h2-6,11,14,16,19H,7-10H2,1H3,(H,22,24)(H,23,27)/t14-,16-,19+/m0/s1. The average molecular weight is 399 g/mol. The molecule has 4 rings (SSSR count). The molecule has 1 aromatic carbocycles. The van der Waals surface area contributed by atoms with Gasteiger partial charge in [0.05, 0.1) is 25.1 Å². The number of carbonyl (C=O) groups excluding carboxylic acids is 3. The number of likely N-dealkylation sites (tertiary alicyclic amines) is 2. The van der Waals surface area contributed by atoms with Crippen LogP contribution in [0.5, 0.6) is 0 Å². The molecule has 0 aliphatic carbocycles. The molecular formula is C20H22FN5O3. The van der Waals surface area contributed by atoms with Gasteiger partial charge >= 0.3 is 0 Å². The smallest absolute Gasteiger partial charge is 0.271 e. The summed E-state index contributed by atoms with van der Waals surface area (Å²) in [7, 11) is 0. The third-order valence-electron chi connectivity index (χ3n) is 5.68. The molecule has 1 aromatic heterocycles. The molecule has 0 unspecified atom stereocenters. The molecule has 29 heavy (non-hydrogen) atoms. The molecule has 0 saturated carbocycles. The third kappa shape index (κ3) is 3.72.